The van der Waals surface area contributed by atoms with Crippen LogP contribution in [0.5, 0.6) is 5.75 Å². The molecule has 0 unspecified atom stereocenters. The summed E-state index contributed by atoms with van der Waals surface area (Å²) in [7, 11) is 0. The van der Waals surface area contributed by atoms with Gasteiger partial charge in [-0.1, -0.05) is 0 Å². The zero-order valence-corrected chi connectivity index (χ0v) is 8.10. The van der Waals surface area contributed by atoms with Crippen molar-refractivity contribution in [2.45, 2.75) is 0 Å². The molecule has 1 aliphatic rings. The highest BCUT2D eigenvalue weighted by atomic mass is 16.6. The van der Waals surface area contributed by atoms with Gasteiger partial charge in [0.05, 0.1) is 10.5 Å². The van der Waals surface area contributed by atoms with E-state index in [2.05, 4.69) is 5.32 Å². The molecular weight excluding hydrogens is 216 g/mol. The van der Waals surface area contributed by atoms with E-state index < -0.39 is 10.9 Å². The van der Waals surface area contributed by atoms with Crippen LogP contribution in [-0.4, -0.2) is 29.2 Å². The van der Waals surface area contributed by atoms with Gasteiger partial charge in [0.25, 0.3) is 5.69 Å². The second-order valence-corrected chi connectivity index (χ2v) is 3.21. The molecule has 1 aliphatic heterocycles. The zero-order valence-electron chi connectivity index (χ0n) is 8.10. The van der Waals surface area contributed by atoms with Crippen molar-refractivity contribution in [3.05, 3.63) is 27.8 Å². The Labute approximate surface area is 89.8 Å². The van der Waals surface area contributed by atoms with Crippen molar-refractivity contribution in [2.24, 2.45) is 0 Å². The first-order valence-corrected chi connectivity index (χ1v) is 4.52. The minimum absolute atomic E-state index is 0.158. The number of nitrogens with zero attached hydrogens (tertiary/aromatic N) is 1. The smallest absolute Gasteiger partial charge is 0.336 e. The molecule has 0 spiro atoms. The monoisotopic (exact) mass is 224 g/mol. The largest absolute Gasteiger partial charge is 0.489 e. The number of nitro groups is 1. The van der Waals surface area contributed by atoms with Crippen LogP contribution in [0.1, 0.15) is 10.4 Å². The molecule has 7 heteroatoms. The predicted molar refractivity (Wildman–Crippen MR) is 54.0 cm³/mol. The van der Waals surface area contributed by atoms with Crippen LogP contribution in [0.25, 0.3) is 0 Å². The lowest BCUT2D eigenvalue weighted by atomic mass is 10.1. The number of carboxylic acids is 1. The van der Waals surface area contributed by atoms with E-state index in [1.807, 2.05) is 0 Å². The van der Waals surface area contributed by atoms with Gasteiger partial charge in [-0.2, -0.15) is 0 Å². The van der Waals surface area contributed by atoms with Crippen LogP contribution >= 0.6 is 0 Å². The Kier molecular flexibility index (Phi) is 2.35. The van der Waals surface area contributed by atoms with Gasteiger partial charge >= 0.3 is 5.97 Å². The summed E-state index contributed by atoms with van der Waals surface area (Å²) in [5, 5.41) is 22.4. The van der Waals surface area contributed by atoms with E-state index in [1.165, 1.54) is 6.07 Å². The van der Waals surface area contributed by atoms with Gasteiger partial charge in [-0.05, 0) is 6.07 Å². The summed E-state index contributed by atoms with van der Waals surface area (Å²) in [6, 6.07) is 2.29. The first-order valence-electron chi connectivity index (χ1n) is 4.52. The summed E-state index contributed by atoms with van der Waals surface area (Å²) in [6.07, 6.45) is 0. The van der Waals surface area contributed by atoms with Gasteiger partial charge in [-0.25, -0.2) is 4.79 Å². The Bertz CT molecular complexity index is 471. The Morgan fingerprint density at radius 1 is 1.56 bits per heavy atom. The first-order chi connectivity index (χ1) is 7.59. The molecule has 0 atom stereocenters. The van der Waals surface area contributed by atoms with E-state index in [4.69, 9.17) is 9.84 Å². The van der Waals surface area contributed by atoms with Gasteiger partial charge in [0, 0.05) is 12.6 Å². The van der Waals surface area contributed by atoms with E-state index in [9.17, 15) is 14.9 Å². The third-order valence-corrected chi connectivity index (χ3v) is 2.19. The van der Waals surface area contributed by atoms with E-state index >= 15 is 0 Å². The zero-order chi connectivity index (χ0) is 11.7. The fourth-order valence-electron chi connectivity index (χ4n) is 1.50. The highest BCUT2D eigenvalue weighted by Crippen LogP contribution is 2.37. The van der Waals surface area contributed by atoms with Crippen molar-refractivity contribution in [1.29, 1.82) is 0 Å². The Morgan fingerprint density at radius 3 is 2.94 bits per heavy atom. The number of hydrogen-bond acceptors (Lipinski definition) is 5. The summed E-state index contributed by atoms with van der Waals surface area (Å²) in [5.41, 5.74) is -0.204. The van der Waals surface area contributed by atoms with Crippen LogP contribution in [0.3, 0.4) is 0 Å². The quantitative estimate of drug-likeness (QED) is 0.576. The third-order valence-electron chi connectivity index (χ3n) is 2.19. The molecule has 16 heavy (non-hydrogen) atoms. The van der Waals surface area contributed by atoms with E-state index in [0.717, 1.165) is 6.07 Å². The molecule has 2 N–H and O–H groups in total. The number of fused-ring (bicyclic) bond motifs is 1. The molecule has 0 amide bonds. The molecule has 0 radical (unpaired) electrons. The van der Waals surface area contributed by atoms with Crippen molar-refractivity contribution in [2.75, 3.05) is 18.5 Å². The topological polar surface area (TPSA) is 102 Å². The second-order valence-electron chi connectivity index (χ2n) is 3.21. The number of nitrogens with one attached hydrogen (secondary N) is 1. The molecule has 0 fully saturated rings. The number of ether oxygens (including phenoxy) is 1. The van der Waals surface area contributed by atoms with Gasteiger partial charge in [-0.3, -0.25) is 10.1 Å². The van der Waals surface area contributed by atoms with Gasteiger partial charge in [0.15, 0.2) is 5.69 Å². The predicted octanol–water partition coefficient (Wildman–Crippen LogP) is 1.10. The van der Waals surface area contributed by atoms with Crippen LogP contribution in [0, 0.1) is 10.1 Å². The maximum atomic E-state index is 10.8. The number of hydrogen-bond donors (Lipinski definition) is 2. The lowest BCUT2D eigenvalue weighted by Crippen LogP contribution is -2.19. The lowest BCUT2D eigenvalue weighted by Gasteiger charge is -2.19. The molecule has 0 aromatic heterocycles. The maximum Gasteiger partial charge on any atom is 0.336 e. The molecule has 1 aromatic carbocycles. The first kappa shape index (κ1) is 10.2. The van der Waals surface area contributed by atoms with Crippen molar-refractivity contribution in [3.63, 3.8) is 0 Å². The second kappa shape index (κ2) is 3.69. The number of benzene rings is 1. The highest BCUT2D eigenvalue weighted by Gasteiger charge is 2.24. The molecule has 7 nitrogen and oxygen atoms in total. The number of carbonyl (C=O) groups is 1. The normalized spacial score (nSPS) is 13.2. The number of nitro benzene ring substituents is 1. The minimum Gasteiger partial charge on any atom is -0.489 e. The summed E-state index contributed by atoms with van der Waals surface area (Å²) < 4.78 is 5.17. The van der Waals surface area contributed by atoms with Crippen LogP contribution in [-0.2, 0) is 0 Å². The fourth-order valence-corrected chi connectivity index (χ4v) is 1.50. The van der Waals surface area contributed by atoms with E-state index in [1.54, 1.807) is 0 Å². The summed E-state index contributed by atoms with van der Waals surface area (Å²) in [4.78, 5) is 20.9. The fraction of sp³-hybridized carbons (Fsp3) is 0.222. The number of aromatic carboxylic acids is 1. The van der Waals surface area contributed by atoms with Crippen molar-refractivity contribution < 1.29 is 19.6 Å². The molecular formula is C9H8N2O5. The number of anilines is 1. The SMILES string of the molecule is O=C(O)c1cc2c(c([N+](=O)[O-])c1)NCCO2. The molecule has 2 rings (SSSR count). The molecule has 0 bridgehead atoms. The van der Waals surface area contributed by atoms with E-state index in [0.29, 0.717) is 13.2 Å². The number of rotatable bonds is 2. The van der Waals surface area contributed by atoms with Crippen molar-refractivity contribution in [3.8, 4) is 5.75 Å². The Morgan fingerprint density at radius 2 is 2.31 bits per heavy atom. The molecule has 1 heterocycles. The Hall–Kier alpha value is -2.31. The average Bonchev–Trinajstić information content (AvgIpc) is 2.27. The van der Waals surface area contributed by atoms with Gasteiger partial charge in [0.2, 0.25) is 0 Å². The van der Waals surface area contributed by atoms with Crippen molar-refractivity contribution in [1.82, 2.24) is 0 Å². The summed E-state index contributed by atoms with van der Waals surface area (Å²) >= 11 is 0. The third kappa shape index (κ3) is 1.62. The molecule has 84 valence electrons. The summed E-state index contributed by atoms with van der Waals surface area (Å²) in [5.74, 6) is -1.02. The van der Waals surface area contributed by atoms with Crippen molar-refractivity contribution >= 4 is 17.3 Å². The minimum atomic E-state index is -1.22. The molecule has 1 aromatic rings. The van der Waals surface area contributed by atoms with Crippen LogP contribution in [0.2, 0.25) is 0 Å². The van der Waals surface area contributed by atoms with Gasteiger partial charge in [0.1, 0.15) is 12.4 Å². The highest BCUT2D eigenvalue weighted by molar-refractivity contribution is 5.91. The van der Waals surface area contributed by atoms with Gasteiger partial charge in [-0.15, -0.1) is 0 Å². The van der Waals surface area contributed by atoms with Gasteiger partial charge < -0.3 is 15.2 Å². The van der Waals surface area contributed by atoms with E-state index in [-0.39, 0.29) is 22.7 Å². The maximum absolute atomic E-state index is 10.8. The Balaban J connectivity index is 2.61. The number of carboxylic acid groups (broad SMARTS) is 1. The molecule has 0 saturated carbocycles. The summed E-state index contributed by atoms with van der Waals surface area (Å²) in [6.45, 7) is 0.813. The van der Waals surface area contributed by atoms with Crippen LogP contribution in [0.15, 0.2) is 12.1 Å². The molecule has 0 saturated heterocycles. The van der Waals surface area contributed by atoms with Crippen LogP contribution in [0.4, 0.5) is 11.4 Å². The average molecular weight is 224 g/mol. The molecule has 0 aliphatic carbocycles. The lowest BCUT2D eigenvalue weighted by molar-refractivity contribution is -0.384. The van der Waals surface area contributed by atoms with Crippen LogP contribution < -0.4 is 10.1 Å². The standard InChI is InChI=1S/C9H8N2O5/c12-9(13)5-3-6(11(14)15)8-7(4-5)16-2-1-10-8/h3-4,10H,1-2H2,(H,12,13).